The van der Waals surface area contributed by atoms with E-state index >= 15 is 0 Å². The second kappa shape index (κ2) is 9.73. The summed E-state index contributed by atoms with van der Waals surface area (Å²) >= 11 is 1.64. The van der Waals surface area contributed by atoms with Crippen LogP contribution in [-0.4, -0.2) is 47.2 Å². The molecule has 1 aromatic carbocycles. The van der Waals surface area contributed by atoms with E-state index in [2.05, 4.69) is 21.1 Å². The average molecular weight is 425 g/mol. The Hall–Kier alpha value is -1.61. The first-order chi connectivity index (χ1) is 13.5. The van der Waals surface area contributed by atoms with Crippen LogP contribution < -0.4 is 14.2 Å². The van der Waals surface area contributed by atoms with E-state index in [4.69, 9.17) is 9.47 Å². The average Bonchev–Trinajstić information content (AvgIpc) is 3.10. The van der Waals surface area contributed by atoms with Gasteiger partial charge in [-0.1, -0.05) is 12.8 Å². The van der Waals surface area contributed by atoms with E-state index in [9.17, 15) is 8.42 Å². The number of likely N-dealkylation sites (tertiary alicyclic amines) is 1. The molecule has 154 valence electrons. The molecule has 2 aromatic rings. The summed E-state index contributed by atoms with van der Waals surface area (Å²) in [5.41, 5.74) is 1.17. The van der Waals surface area contributed by atoms with Gasteiger partial charge in [0.15, 0.2) is 11.5 Å². The Bertz CT molecular complexity index is 845. The third-order valence-corrected chi connectivity index (χ3v) is 7.26. The predicted octanol–water partition coefficient (Wildman–Crippen LogP) is 3.66. The highest BCUT2D eigenvalue weighted by molar-refractivity contribution is 7.89. The third-order valence-electron chi connectivity index (χ3n) is 5.14. The van der Waals surface area contributed by atoms with Crippen LogP contribution >= 0.6 is 11.3 Å². The van der Waals surface area contributed by atoms with Crippen molar-refractivity contribution >= 4 is 21.4 Å². The van der Waals surface area contributed by atoms with E-state index in [1.165, 1.54) is 44.8 Å². The fourth-order valence-electron chi connectivity index (χ4n) is 3.58. The number of thiophene rings is 1. The number of rotatable bonds is 8. The van der Waals surface area contributed by atoms with Gasteiger partial charge in [0.1, 0.15) is 0 Å². The molecule has 28 heavy (non-hydrogen) atoms. The van der Waals surface area contributed by atoms with Gasteiger partial charge in [-0.25, -0.2) is 13.1 Å². The lowest BCUT2D eigenvalue weighted by atomic mass is 10.1. The van der Waals surface area contributed by atoms with Crippen LogP contribution in [0, 0.1) is 0 Å². The summed E-state index contributed by atoms with van der Waals surface area (Å²) in [5, 5.41) is 4.16. The van der Waals surface area contributed by atoms with E-state index in [0.717, 1.165) is 25.9 Å². The normalized spacial score (nSPS) is 17.1. The molecule has 0 aliphatic carbocycles. The SMILES string of the molecule is COc1ccc(S(=O)(=O)NC[C@H](c2ccsc2)N2CCCCCC2)cc1OC. The van der Waals surface area contributed by atoms with Crippen molar-refractivity contribution in [3.05, 3.63) is 40.6 Å². The Kier molecular flexibility index (Phi) is 7.34. The minimum absolute atomic E-state index is 0.0410. The molecule has 0 spiro atoms. The van der Waals surface area contributed by atoms with Crippen LogP contribution in [0.1, 0.15) is 37.3 Å². The summed E-state index contributed by atoms with van der Waals surface area (Å²) in [4.78, 5) is 2.58. The molecule has 0 saturated carbocycles. The van der Waals surface area contributed by atoms with E-state index in [1.807, 2.05) is 5.38 Å². The Balaban J connectivity index is 1.78. The number of ether oxygens (including phenoxy) is 2. The van der Waals surface area contributed by atoms with Gasteiger partial charge in [-0.05, 0) is 60.5 Å². The van der Waals surface area contributed by atoms with Crippen LogP contribution in [0.4, 0.5) is 0 Å². The molecule has 6 nitrogen and oxygen atoms in total. The molecule has 0 amide bonds. The highest BCUT2D eigenvalue weighted by Gasteiger charge is 2.25. The van der Waals surface area contributed by atoms with Crippen LogP contribution in [0.15, 0.2) is 39.9 Å². The molecule has 1 saturated heterocycles. The van der Waals surface area contributed by atoms with Crippen molar-refractivity contribution in [3.8, 4) is 11.5 Å². The predicted molar refractivity (Wildman–Crippen MR) is 112 cm³/mol. The van der Waals surface area contributed by atoms with Crippen LogP contribution in [0.25, 0.3) is 0 Å². The Morgan fingerprint density at radius 1 is 1.07 bits per heavy atom. The molecule has 1 aliphatic rings. The van der Waals surface area contributed by atoms with E-state index in [1.54, 1.807) is 17.4 Å². The monoisotopic (exact) mass is 424 g/mol. The first-order valence-corrected chi connectivity index (χ1v) is 12.0. The summed E-state index contributed by atoms with van der Waals surface area (Å²) < 4.78 is 39.0. The topological polar surface area (TPSA) is 67.9 Å². The number of benzene rings is 1. The van der Waals surface area contributed by atoms with E-state index in [-0.39, 0.29) is 10.9 Å². The zero-order valence-corrected chi connectivity index (χ0v) is 18.0. The molecule has 0 bridgehead atoms. The maximum absolute atomic E-state index is 12.9. The van der Waals surface area contributed by atoms with Gasteiger partial charge in [-0.15, -0.1) is 0 Å². The van der Waals surface area contributed by atoms with Crippen molar-refractivity contribution in [2.45, 2.75) is 36.6 Å². The van der Waals surface area contributed by atoms with Crippen molar-refractivity contribution in [2.75, 3.05) is 33.9 Å². The minimum Gasteiger partial charge on any atom is -0.493 e. The van der Waals surface area contributed by atoms with Gasteiger partial charge in [0.2, 0.25) is 10.0 Å². The van der Waals surface area contributed by atoms with Crippen LogP contribution in [0.5, 0.6) is 11.5 Å². The lowest BCUT2D eigenvalue weighted by Gasteiger charge is -2.30. The van der Waals surface area contributed by atoms with Crippen LogP contribution in [0.2, 0.25) is 0 Å². The number of nitrogens with zero attached hydrogens (tertiary/aromatic N) is 1. The van der Waals surface area contributed by atoms with Gasteiger partial charge in [0, 0.05) is 18.7 Å². The summed E-state index contributed by atoms with van der Waals surface area (Å²) in [6.45, 7) is 2.34. The summed E-state index contributed by atoms with van der Waals surface area (Å²) in [6, 6.07) is 6.77. The molecule has 1 aliphatic heterocycles. The van der Waals surface area contributed by atoms with Crippen molar-refractivity contribution in [3.63, 3.8) is 0 Å². The largest absolute Gasteiger partial charge is 0.493 e. The first kappa shape index (κ1) is 21.1. The van der Waals surface area contributed by atoms with E-state index in [0.29, 0.717) is 18.0 Å². The Morgan fingerprint density at radius 2 is 1.79 bits per heavy atom. The lowest BCUT2D eigenvalue weighted by Crippen LogP contribution is -2.38. The Labute approximate surface area is 171 Å². The molecule has 3 rings (SSSR count). The number of sulfonamides is 1. The van der Waals surface area contributed by atoms with Crippen molar-refractivity contribution in [1.29, 1.82) is 0 Å². The quantitative estimate of drug-likeness (QED) is 0.700. The molecular formula is C20H28N2O4S2. The second-order valence-corrected chi connectivity index (χ2v) is 9.44. The van der Waals surface area contributed by atoms with Gasteiger partial charge in [0.05, 0.1) is 19.1 Å². The zero-order valence-electron chi connectivity index (χ0n) is 16.4. The van der Waals surface area contributed by atoms with Crippen LogP contribution in [-0.2, 0) is 10.0 Å². The molecule has 0 unspecified atom stereocenters. The molecule has 1 fully saturated rings. The zero-order chi connectivity index (χ0) is 20.0. The number of nitrogens with one attached hydrogen (secondary N) is 1. The summed E-state index contributed by atoms with van der Waals surface area (Å²) in [5.74, 6) is 0.898. The Morgan fingerprint density at radius 3 is 2.39 bits per heavy atom. The minimum atomic E-state index is -3.66. The smallest absolute Gasteiger partial charge is 0.240 e. The molecule has 1 N–H and O–H groups in total. The maximum atomic E-state index is 12.9. The maximum Gasteiger partial charge on any atom is 0.240 e. The third kappa shape index (κ3) is 5.05. The highest BCUT2D eigenvalue weighted by Crippen LogP contribution is 2.30. The van der Waals surface area contributed by atoms with E-state index < -0.39 is 10.0 Å². The van der Waals surface area contributed by atoms with Crippen molar-refractivity contribution < 1.29 is 17.9 Å². The molecular weight excluding hydrogens is 396 g/mol. The lowest BCUT2D eigenvalue weighted by molar-refractivity contribution is 0.206. The second-order valence-electron chi connectivity index (χ2n) is 6.89. The molecule has 1 aromatic heterocycles. The fraction of sp³-hybridized carbons (Fsp3) is 0.500. The molecule has 1 atom stereocenters. The standard InChI is InChI=1S/C20H28N2O4S2/c1-25-19-8-7-17(13-20(19)26-2)28(23,24)21-14-18(16-9-12-27-15-16)22-10-5-3-4-6-11-22/h7-9,12-13,15,18,21H,3-6,10-11,14H2,1-2H3/t18-/m1/s1. The highest BCUT2D eigenvalue weighted by atomic mass is 32.2. The summed E-state index contributed by atoms with van der Waals surface area (Å²) in [6.07, 6.45) is 4.79. The van der Waals surface area contributed by atoms with Crippen LogP contribution in [0.3, 0.4) is 0 Å². The molecule has 2 heterocycles. The van der Waals surface area contributed by atoms with Gasteiger partial charge in [-0.3, -0.25) is 4.90 Å². The number of methoxy groups -OCH3 is 2. The van der Waals surface area contributed by atoms with Gasteiger partial charge >= 0.3 is 0 Å². The summed E-state index contributed by atoms with van der Waals surface area (Å²) in [7, 11) is -0.642. The van der Waals surface area contributed by atoms with Gasteiger partial charge in [-0.2, -0.15) is 11.3 Å². The number of hydrogen-bond donors (Lipinski definition) is 1. The van der Waals surface area contributed by atoms with Crippen molar-refractivity contribution in [2.24, 2.45) is 0 Å². The molecule has 0 radical (unpaired) electrons. The first-order valence-electron chi connectivity index (χ1n) is 9.53. The van der Waals surface area contributed by atoms with Gasteiger partial charge in [0.25, 0.3) is 0 Å². The van der Waals surface area contributed by atoms with Crippen molar-refractivity contribution in [1.82, 2.24) is 9.62 Å². The number of hydrogen-bond acceptors (Lipinski definition) is 6. The van der Waals surface area contributed by atoms with Gasteiger partial charge < -0.3 is 9.47 Å². The molecule has 8 heteroatoms. The fourth-order valence-corrected chi connectivity index (χ4v) is 5.35.